The smallest absolute Gasteiger partial charge is 0.420 e. The number of aryl methyl sites for hydroxylation is 3. The number of carbonyl (C=O) groups is 2. The average molecular weight is 415 g/mol. The van der Waals surface area contributed by atoms with E-state index in [0.29, 0.717) is 35.8 Å². The summed E-state index contributed by atoms with van der Waals surface area (Å²) in [6, 6.07) is 9.00. The summed E-state index contributed by atoms with van der Waals surface area (Å²) in [7, 11) is -2.21. The molecule has 0 aromatic heterocycles. The summed E-state index contributed by atoms with van der Waals surface area (Å²) in [6.07, 6.45) is -0.0269. The van der Waals surface area contributed by atoms with Gasteiger partial charge in [0.1, 0.15) is 17.1 Å². The maximum Gasteiger partial charge on any atom is 0.420 e. The van der Waals surface area contributed by atoms with Crippen LogP contribution in [0, 0.1) is 20.8 Å². The molecule has 5 nitrogen and oxygen atoms in total. The number of ketones is 1. The van der Waals surface area contributed by atoms with Gasteiger partial charge in [-0.15, -0.1) is 0 Å². The fourth-order valence-corrected chi connectivity index (χ4v) is 4.62. The third-order valence-corrected chi connectivity index (χ3v) is 5.83. The highest BCUT2D eigenvalue weighted by Gasteiger charge is 2.33. The van der Waals surface area contributed by atoms with Gasteiger partial charge in [-0.3, -0.25) is 4.79 Å². The summed E-state index contributed by atoms with van der Waals surface area (Å²) in [5.74, 6) is 0.636. The van der Waals surface area contributed by atoms with Crippen LogP contribution >= 0.6 is 7.80 Å². The molecule has 154 valence electrons. The van der Waals surface area contributed by atoms with Crippen molar-refractivity contribution < 1.29 is 23.6 Å². The van der Waals surface area contributed by atoms with Gasteiger partial charge in [0.15, 0.2) is 11.9 Å². The molecule has 0 amide bonds. The first-order chi connectivity index (χ1) is 13.8. The number of rotatable bonds is 10. The van der Waals surface area contributed by atoms with Crippen molar-refractivity contribution in [3.05, 3.63) is 58.1 Å². The molecule has 6 heteroatoms. The van der Waals surface area contributed by atoms with Crippen molar-refractivity contribution in [1.82, 2.24) is 0 Å². The third-order valence-electron chi connectivity index (χ3n) is 4.53. The molecule has 0 radical (unpaired) electrons. The second-order valence-electron chi connectivity index (χ2n) is 6.85. The lowest BCUT2D eigenvalue weighted by Crippen LogP contribution is -2.09. The van der Waals surface area contributed by atoms with E-state index in [-0.39, 0.29) is 18.4 Å². The Morgan fingerprint density at radius 2 is 1.41 bits per heavy atom. The highest BCUT2D eigenvalue weighted by atomic mass is 31.1. The topological polar surface area (TPSA) is 69.7 Å². The van der Waals surface area contributed by atoms with E-state index in [4.69, 9.17) is 9.47 Å². The second kappa shape index (κ2) is 10.3. The molecular formula is C23H28O5P+. The van der Waals surface area contributed by atoms with Crippen molar-refractivity contribution in [3.8, 4) is 11.5 Å². The molecule has 0 bridgehead atoms. The highest BCUT2D eigenvalue weighted by molar-refractivity contribution is 7.64. The van der Waals surface area contributed by atoms with Crippen LogP contribution in [-0.4, -0.2) is 30.7 Å². The normalized spacial score (nSPS) is 11.1. The van der Waals surface area contributed by atoms with Crippen LogP contribution in [0.5, 0.6) is 11.5 Å². The molecule has 0 saturated heterocycles. The summed E-state index contributed by atoms with van der Waals surface area (Å²) in [5, 5.41) is 0. The van der Waals surface area contributed by atoms with Crippen LogP contribution in [0.3, 0.4) is 0 Å². The van der Waals surface area contributed by atoms with Crippen molar-refractivity contribution in [3.63, 3.8) is 0 Å². The van der Waals surface area contributed by atoms with E-state index in [1.807, 2.05) is 46.8 Å². The van der Waals surface area contributed by atoms with Gasteiger partial charge in [0, 0.05) is 0 Å². The first kappa shape index (κ1) is 22.8. The van der Waals surface area contributed by atoms with Gasteiger partial charge in [0.25, 0.3) is 0 Å². The van der Waals surface area contributed by atoms with E-state index in [2.05, 4.69) is 0 Å². The van der Waals surface area contributed by atoms with Gasteiger partial charge in [0.05, 0.1) is 25.2 Å². The summed E-state index contributed by atoms with van der Waals surface area (Å²) in [6.45, 7) is 10.1. The average Bonchev–Trinajstić information content (AvgIpc) is 2.65. The Labute approximate surface area is 173 Å². The number of hydrogen-bond acceptors (Lipinski definition) is 5. The maximum atomic E-state index is 12.9. The molecule has 0 aliphatic carbocycles. The predicted molar refractivity (Wildman–Crippen MR) is 115 cm³/mol. The van der Waals surface area contributed by atoms with E-state index >= 15 is 0 Å². The fourth-order valence-electron chi connectivity index (χ4n) is 3.41. The van der Waals surface area contributed by atoms with E-state index < -0.39 is 13.3 Å². The van der Waals surface area contributed by atoms with Crippen LogP contribution in [0.15, 0.2) is 30.3 Å². The largest absolute Gasteiger partial charge is 0.493 e. The van der Waals surface area contributed by atoms with Gasteiger partial charge in [-0.25, -0.2) is 4.79 Å². The second-order valence-corrected chi connectivity index (χ2v) is 8.46. The van der Waals surface area contributed by atoms with Gasteiger partial charge < -0.3 is 9.47 Å². The zero-order valence-electron chi connectivity index (χ0n) is 17.7. The molecule has 2 aromatic rings. The van der Waals surface area contributed by atoms with Crippen LogP contribution in [0.4, 0.5) is 0 Å². The molecular weight excluding hydrogens is 387 g/mol. The van der Waals surface area contributed by atoms with E-state index in [9.17, 15) is 14.2 Å². The summed E-state index contributed by atoms with van der Waals surface area (Å²) in [4.78, 5) is 25.6. The summed E-state index contributed by atoms with van der Waals surface area (Å²) >= 11 is 0. The molecule has 0 N–H and O–H groups in total. The first-order valence-corrected chi connectivity index (χ1v) is 11.2. The van der Waals surface area contributed by atoms with Crippen molar-refractivity contribution in [2.45, 2.75) is 41.0 Å². The molecule has 0 spiro atoms. The van der Waals surface area contributed by atoms with Gasteiger partial charge in [-0.05, 0) is 57.9 Å². The van der Waals surface area contributed by atoms with E-state index in [0.717, 1.165) is 16.7 Å². The number of carbonyl (C=O) groups excluding carboxylic acids is 2. The minimum Gasteiger partial charge on any atom is -0.493 e. The molecule has 0 fully saturated rings. The molecule has 0 heterocycles. The molecule has 0 aliphatic rings. The zero-order chi connectivity index (χ0) is 21.6. The van der Waals surface area contributed by atoms with E-state index in [1.54, 1.807) is 18.2 Å². The van der Waals surface area contributed by atoms with Gasteiger partial charge >= 0.3 is 13.3 Å². The Hall–Kier alpha value is -2.52. The Balaban J connectivity index is 2.19. The van der Waals surface area contributed by atoms with Crippen molar-refractivity contribution in [1.29, 1.82) is 0 Å². The minimum absolute atomic E-state index is 0.00815. The Morgan fingerprint density at radius 3 is 1.90 bits per heavy atom. The lowest BCUT2D eigenvalue weighted by Gasteiger charge is -2.13. The molecule has 2 rings (SSSR count). The van der Waals surface area contributed by atoms with Crippen LogP contribution in [0.1, 0.15) is 57.7 Å². The van der Waals surface area contributed by atoms with Crippen molar-refractivity contribution in [2.24, 2.45) is 0 Å². The van der Waals surface area contributed by atoms with Crippen LogP contribution in [0.2, 0.25) is 0 Å². The maximum absolute atomic E-state index is 12.9. The lowest BCUT2D eigenvalue weighted by molar-refractivity contribution is 0.0981. The summed E-state index contributed by atoms with van der Waals surface area (Å²) < 4.78 is 23.8. The highest BCUT2D eigenvalue weighted by Crippen LogP contribution is 2.34. The van der Waals surface area contributed by atoms with E-state index in [1.165, 1.54) is 0 Å². The quantitative estimate of drug-likeness (QED) is 0.370. The minimum atomic E-state index is -2.21. The van der Waals surface area contributed by atoms with Crippen molar-refractivity contribution >= 4 is 19.1 Å². The number of hydrogen-bond donors (Lipinski definition) is 0. The van der Waals surface area contributed by atoms with Crippen LogP contribution < -0.4 is 9.47 Å². The summed E-state index contributed by atoms with van der Waals surface area (Å²) in [5.41, 5.74) is 3.11. The molecule has 2 aromatic carbocycles. The van der Waals surface area contributed by atoms with Crippen LogP contribution in [0.25, 0.3) is 0 Å². The fraction of sp³-hybridized carbons (Fsp3) is 0.391. The first-order valence-electron chi connectivity index (χ1n) is 9.78. The Kier molecular flexibility index (Phi) is 8.10. The lowest BCUT2D eigenvalue weighted by atomic mass is 10.0. The van der Waals surface area contributed by atoms with Gasteiger partial charge in [0.2, 0.25) is 0 Å². The molecule has 0 saturated carbocycles. The van der Waals surface area contributed by atoms with Gasteiger partial charge in [-0.2, -0.15) is 0 Å². The van der Waals surface area contributed by atoms with Crippen molar-refractivity contribution in [2.75, 3.05) is 19.4 Å². The molecule has 1 unspecified atom stereocenters. The standard InChI is InChI=1S/C23H28O5P/c1-6-27-19-9-8-10-20(28-7-2)22(19)18(24)11-12-29(26)23(25)21-16(4)13-15(3)14-17(21)5/h8-10,13-14H,6-7,11-12H2,1-5H3/q+1. The van der Waals surface area contributed by atoms with Gasteiger partial charge in [-0.1, -0.05) is 28.3 Å². The zero-order valence-corrected chi connectivity index (χ0v) is 18.6. The Morgan fingerprint density at radius 1 is 0.897 bits per heavy atom. The predicted octanol–water partition coefficient (Wildman–Crippen LogP) is 5.65. The molecule has 1 atom stereocenters. The molecule has 29 heavy (non-hydrogen) atoms. The van der Waals surface area contributed by atoms with Crippen LogP contribution in [-0.2, 0) is 4.57 Å². The SMILES string of the molecule is CCOc1cccc(OCC)c1C(=O)CC[P+](=O)C(=O)c1c(C)cc(C)cc1C. The molecule has 0 aliphatic heterocycles. The number of Topliss-reactive ketones (excluding diaryl/α,β-unsaturated/α-hetero) is 1. The third kappa shape index (κ3) is 5.51. The Bertz CT molecular complexity index is 886. The number of benzene rings is 2. The number of ether oxygens (including phenoxy) is 2. The monoisotopic (exact) mass is 415 g/mol.